The monoisotopic (exact) mass is 516 g/mol. The third-order valence-electron chi connectivity index (χ3n) is 6.25. The highest BCUT2D eigenvalue weighted by molar-refractivity contribution is 14.0. The van der Waals surface area contributed by atoms with Gasteiger partial charge in [-0.3, -0.25) is 4.99 Å². The van der Waals surface area contributed by atoms with Crippen LogP contribution in [0.5, 0.6) is 0 Å². The van der Waals surface area contributed by atoms with Gasteiger partial charge in [-0.1, -0.05) is 0 Å². The number of ether oxygens (including phenoxy) is 1. The van der Waals surface area contributed by atoms with Crippen LogP contribution in [0.15, 0.2) is 27.8 Å². The maximum absolute atomic E-state index is 5.89. The molecule has 0 bridgehead atoms. The summed E-state index contributed by atoms with van der Waals surface area (Å²) in [4.78, 5) is 10.1. The van der Waals surface area contributed by atoms with Gasteiger partial charge in [0.05, 0.1) is 18.9 Å². The molecule has 1 aromatic heterocycles. The van der Waals surface area contributed by atoms with Crippen molar-refractivity contribution in [3.63, 3.8) is 0 Å². The molecule has 0 aliphatic carbocycles. The highest BCUT2D eigenvalue weighted by atomic mass is 127. The molecule has 1 aromatic rings. The summed E-state index contributed by atoms with van der Waals surface area (Å²) in [5, 5.41) is 3.60. The average Bonchev–Trinajstić information content (AvgIpc) is 3.49. The van der Waals surface area contributed by atoms with E-state index in [0.29, 0.717) is 6.10 Å². The number of nitrogens with zero attached hydrogens (tertiary/aromatic N) is 3. The van der Waals surface area contributed by atoms with Crippen LogP contribution in [0.25, 0.3) is 0 Å². The molecule has 3 fully saturated rings. The van der Waals surface area contributed by atoms with Gasteiger partial charge in [-0.25, -0.2) is 0 Å². The van der Waals surface area contributed by atoms with E-state index in [4.69, 9.17) is 14.1 Å². The summed E-state index contributed by atoms with van der Waals surface area (Å²) >= 11 is 0. The van der Waals surface area contributed by atoms with Crippen molar-refractivity contribution < 1.29 is 9.15 Å². The number of halogens is 1. The number of likely N-dealkylation sites (tertiary alicyclic amines) is 2. The number of hydrogen-bond acceptors (Lipinski definition) is 4. The second kappa shape index (κ2) is 12.2. The number of rotatable bonds is 7. The Balaban J connectivity index is 0.00000240. The predicted octanol–water partition coefficient (Wildman–Crippen LogP) is 3.37. The first kappa shape index (κ1) is 22.9. The lowest BCUT2D eigenvalue weighted by atomic mass is 10.1. The van der Waals surface area contributed by atoms with Gasteiger partial charge in [0.15, 0.2) is 5.96 Å². The standard InChI is InChI=1S/C22H36N4O2.HI/c1-4-14-28-21(6-1)16-24-22(23-10-8-20-7-5-15-27-20)26-13-9-19(18-26)17-25-11-2-3-12-25;/h5,7,15,19,21H,1-4,6,8-14,16-18H2,(H,23,24);1H. The van der Waals surface area contributed by atoms with E-state index in [1.54, 1.807) is 6.26 Å². The zero-order valence-corrected chi connectivity index (χ0v) is 19.9. The van der Waals surface area contributed by atoms with Gasteiger partial charge < -0.3 is 24.3 Å². The molecule has 3 aliphatic heterocycles. The fraction of sp³-hybridized carbons (Fsp3) is 0.773. The summed E-state index contributed by atoms with van der Waals surface area (Å²) in [6.45, 7) is 8.58. The number of guanidine groups is 1. The van der Waals surface area contributed by atoms with Crippen LogP contribution in [-0.2, 0) is 11.2 Å². The van der Waals surface area contributed by atoms with Crippen molar-refractivity contribution in [2.45, 2.75) is 51.0 Å². The zero-order chi connectivity index (χ0) is 19.0. The Morgan fingerprint density at radius 1 is 1.14 bits per heavy atom. The Labute approximate surface area is 192 Å². The molecule has 4 rings (SSSR count). The van der Waals surface area contributed by atoms with Gasteiger partial charge in [-0.2, -0.15) is 0 Å². The van der Waals surface area contributed by atoms with E-state index in [1.165, 1.54) is 51.7 Å². The Morgan fingerprint density at radius 2 is 2.03 bits per heavy atom. The molecule has 0 amide bonds. The first-order chi connectivity index (χ1) is 13.9. The molecule has 164 valence electrons. The molecular formula is C22H37IN4O2. The maximum Gasteiger partial charge on any atom is 0.194 e. The first-order valence-electron chi connectivity index (χ1n) is 11.3. The van der Waals surface area contributed by atoms with Crippen molar-refractivity contribution in [2.24, 2.45) is 10.9 Å². The van der Waals surface area contributed by atoms with Crippen molar-refractivity contribution in [3.8, 4) is 0 Å². The second-order valence-corrected chi connectivity index (χ2v) is 8.52. The van der Waals surface area contributed by atoms with Crippen molar-refractivity contribution in [2.75, 3.05) is 52.4 Å². The van der Waals surface area contributed by atoms with Crippen molar-refractivity contribution in [1.29, 1.82) is 0 Å². The smallest absolute Gasteiger partial charge is 0.194 e. The van der Waals surface area contributed by atoms with Crippen LogP contribution in [0.4, 0.5) is 0 Å². The summed E-state index contributed by atoms with van der Waals surface area (Å²) in [5.41, 5.74) is 0. The molecule has 2 atom stereocenters. The van der Waals surface area contributed by atoms with E-state index in [0.717, 1.165) is 63.3 Å². The molecule has 3 aliphatic rings. The zero-order valence-electron chi connectivity index (χ0n) is 17.6. The van der Waals surface area contributed by atoms with Crippen LogP contribution in [0.3, 0.4) is 0 Å². The molecule has 7 heteroatoms. The van der Waals surface area contributed by atoms with Crippen molar-refractivity contribution in [1.82, 2.24) is 15.1 Å². The molecule has 0 radical (unpaired) electrons. The summed E-state index contributed by atoms with van der Waals surface area (Å²) in [5.74, 6) is 2.85. The Morgan fingerprint density at radius 3 is 2.79 bits per heavy atom. The van der Waals surface area contributed by atoms with Gasteiger partial charge >= 0.3 is 0 Å². The van der Waals surface area contributed by atoms with Crippen LogP contribution in [0, 0.1) is 5.92 Å². The molecule has 0 spiro atoms. The number of aliphatic imine (C=N–C) groups is 1. The normalized spacial score (nSPS) is 25.9. The fourth-order valence-electron chi connectivity index (χ4n) is 4.66. The van der Waals surface area contributed by atoms with Gasteiger partial charge in [0.25, 0.3) is 0 Å². The molecule has 6 nitrogen and oxygen atoms in total. The topological polar surface area (TPSA) is 53.2 Å². The minimum atomic E-state index is 0. The van der Waals surface area contributed by atoms with Crippen LogP contribution in [0.2, 0.25) is 0 Å². The van der Waals surface area contributed by atoms with E-state index in [1.807, 2.05) is 12.1 Å². The summed E-state index contributed by atoms with van der Waals surface area (Å²) in [6, 6.07) is 3.99. The number of furan rings is 1. The largest absolute Gasteiger partial charge is 0.469 e. The molecule has 2 unspecified atom stereocenters. The van der Waals surface area contributed by atoms with Gasteiger partial charge in [-0.05, 0) is 69.7 Å². The average molecular weight is 516 g/mol. The van der Waals surface area contributed by atoms with E-state index >= 15 is 0 Å². The lowest BCUT2D eigenvalue weighted by Gasteiger charge is -2.25. The van der Waals surface area contributed by atoms with Crippen molar-refractivity contribution >= 4 is 29.9 Å². The van der Waals surface area contributed by atoms with Crippen LogP contribution >= 0.6 is 24.0 Å². The van der Waals surface area contributed by atoms with Gasteiger partial charge in [0, 0.05) is 39.2 Å². The molecule has 3 saturated heterocycles. The van der Waals surface area contributed by atoms with E-state index < -0.39 is 0 Å². The summed E-state index contributed by atoms with van der Waals surface area (Å²) < 4.78 is 11.4. The lowest BCUT2D eigenvalue weighted by Crippen LogP contribution is -2.42. The third-order valence-corrected chi connectivity index (χ3v) is 6.25. The molecule has 0 aromatic carbocycles. The Hall–Kier alpha value is -0.800. The summed E-state index contributed by atoms with van der Waals surface area (Å²) in [7, 11) is 0. The van der Waals surface area contributed by atoms with Gasteiger partial charge in [0.2, 0.25) is 0 Å². The number of nitrogens with one attached hydrogen (secondary N) is 1. The second-order valence-electron chi connectivity index (χ2n) is 8.52. The lowest BCUT2D eigenvalue weighted by molar-refractivity contribution is 0.0223. The minimum Gasteiger partial charge on any atom is -0.469 e. The predicted molar refractivity (Wildman–Crippen MR) is 127 cm³/mol. The van der Waals surface area contributed by atoms with E-state index in [9.17, 15) is 0 Å². The fourth-order valence-corrected chi connectivity index (χ4v) is 4.66. The van der Waals surface area contributed by atoms with Crippen LogP contribution < -0.4 is 5.32 Å². The SMILES string of the molecule is I.c1coc(CCNC(=NCC2CCCCO2)N2CCC(CN3CCCC3)C2)c1. The number of hydrogen-bond donors (Lipinski definition) is 1. The first-order valence-corrected chi connectivity index (χ1v) is 11.3. The van der Waals surface area contributed by atoms with Gasteiger partial charge in [-0.15, -0.1) is 24.0 Å². The molecular weight excluding hydrogens is 479 g/mol. The highest BCUT2D eigenvalue weighted by Crippen LogP contribution is 2.20. The Kier molecular flexibility index (Phi) is 9.58. The molecule has 1 N–H and O–H groups in total. The molecule has 0 saturated carbocycles. The van der Waals surface area contributed by atoms with Crippen LogP contribution in [0.1, 0.15) is 44.3 Å². The maximum atomic E-state index is 5.89. The van der Waals surface area contributed by atoms with Crippen molar-refractivity contribution in [3.05, 3.63) is 24.2 Å². The Bertz CT molecular complexity index is 598. The minimum absolute atomic E-state index is 0. The van der Waals surface area contributed by atoms with Gasteiger partial charge in [0.1, 0.15) is 5.76 Å². The van der Waals surface area contributed by atoms with E-state index in [-0.39, 0.29) is 24.0 Å². The summed E-state index contributed by atoms with van der Waals surface area (Å²) in [6.07, 6.45) is 10.5. The highest BCUT2D eigenvalue weighted by Gasteiger charge is 2.27. The quantitative estimate of drug-likeness (QED) is 0.342. The van der Waals surface area contributed by atoms with E-state index in [2.05, 4.69) is 15.1 Å². The van der Waals surface area contributed by atoms with Crippen LogP contribution in [-0.4, -0.2) is 74.3 Å². The molecule has 4 heterocycles. The molecule has 29 heavy (non-hydrogen) atoms. The third kappa shape index (κ3) is 7.14.